The summed E-state index contributed by atoms with van der Waals surface area (Å²) in [5, 5.41) is 0.599. The van der Waals surface area contributed by atoms with E-state index in [2.05, 4.69) is 0 Å². The summed E-state index contributed by atoms with van der Waals surface area (Å²) in [7, 11) is 1.96. The maximum Gasteiger partial charge on any atom is 0.260 e. The van der Waals surface area contributed by atoms with Crippen LogP contribution in [0.1, 0.15) is 25.1 Å². The second kappa shape index (κ2) is 12.3. The molecule has 0 aliphatic carbocycles. The molecule has 0 bridgehead atoms. The normalized spacial score (nSPS) is 10.9. The van der Waals surface area contributed by atoms with E-state index in [1.54, 1.807) is 34.1 Å². The molecule has 3 rings (SSSR count). The van der Waals surface area contributed by atoms with Crippen LogP contribution in [0.15, 0.2) is 72.9 Å². The van der Waals surface area contributed by atoms with E-state index in [4.69, 9.17) is 16.3 Å². The summed E-state index contributed by atoms with van der Waals surface area (Å²) in [4.78, 5) is 29.9. The highest BCUT2D eigenvalue weighted by atomic mass is 35.5. The molecule has 34 heavy (non-hydrogen) atoms. The fraction of sp³-hybridized carbons (Fsp3) is 0.333. The van der Waals surface area contributed by atoms with Crippen molar-refractivity contribution in [3.63, 3.8) is 0 Å². The van der Waals surface area contributed by atoms with Gasteiger partial charge in [0.05, 0.1) is 13.1 Å². The summed E-state index contributed by atoms with van der Waals surface area (Å²) in [6.07, 6.45) is 1.96. The Morgan fingerprint density at radius 1 is 0.912 bits per heavy atom. The molecule has 180 valence electrons. The van der Waals surface area contributed by atoms with E-state index < -0.39 is 0 Å². The molecule has 6 nitrogen and oxygen atoms in total. The lowest BCUT2D eigenvalue weighted by atomic mass is 10.2. The summed E-state index contributed by atoms with van der Waals surface area (Å²) in [5.41, 5.74) is 2.06. The van der Waals surface area contributed by atoms with Gasteiger partial charge in [-0.15, -0.1) is 0 Å². The molecular weight excluding hydrogens is 450 g/mol. The molecule has 0 atom stereocenters. The minimum absolute atomic E-state index is 0.00174. The second-order valence-corrected chi connectivity index (χ2v) is 9.19. The minimum atomic E-state index is -0.226. The quantitative estimate of drug-likeness (QED) is 0.396. The standard InChI is InChI=1S/C27H32ClN3O3/c1-21(2)16-30(27(33)20-34-25-13-11-23(28)12-14-25)19-26(32)31(17-22-8-5-4-6-9-22)18-24-10-7-15-29(24)3/h4-15,21H,16-20H2,1-3H3. The van der Waals surface area contributed by atoms with Crippen LogP contribution in [0.25, 0.3) is 0 Å². The van der Waals surface area contributed by atoms with Gasteiger partial charge in [-0.05, 0) is 47.9 Å². The molecule has 0 fully saturated rings. The third kappa shape index (κ3) is 7.66. The van der Waals surface area contributed by atoms with Crippen molar-refractivity contribution in [2.45, 2.75) is 26.9 Å². The van der Waals surface area contributed by atoms with Crippen LogP contribution in [-0.2, 0) is 29.7 Å². The molecule has 2 amide bonds. The predicted octanol–water partition coefficient (Wildman–Crippen LogP) is 4.77. The highest BCUT2D eigenvalue weighted by Gasteiger charge is 2.23. The molecule has 0 spiro atoms. The third-order valence-electron chi connectivity index (χ3n) is 5.41. The van der Waals surface area contributed by atoms with Gasteiger partial charge >= 0.3 is 0 Å². The van der Waals surface area contributed by atoms with Crippen molar-refractivity contribution >= 4 is 23.4 Å². The molecule has 3 aromatic rings. The zero-order valence-corrected chi connectivity index (χ0v) is 20.7. The van der Waals surface area contributed by atoms with Gasteiger partial charge in [-0.2, -0.15) is 0 Å². The van der Waals surface area contributed by atoms with Gasteiger partial charge in [-0.1, -0.05) is 55.8 Å². The highest BCUT2D eigenvalue weighted by molar-refractivity contribution is 6.30. The maximum atomic E-state index is 13.5. The Morgan fingerprint density at radius 3 is 2.24 bits per heavy atom. The SMILES string of the molecule is CC(C)CN(CC(=O)N(Cc1ccccc1)Cc1cccn1C)C(=O)COc1ccc(Cl)cc1. The fourth-order valence-corrected chi connectivity index (χ4v) is 3.74. The van der Waals surface area contributed by atoms with Gasteiger partial charge in [-0.3, -0.25) is 9.59 Å². The predicted molar refractivity (Wildman–Crippen MR) is 134 cm³/mol. The molecule has 0 N–H and O–H groups in total. The van der Waals surface area contributed by atoms with Crippen molar-refractivity contribution < 1.29 is 14.3 Å². The van der Waals surface area contributed by atoms with Crippen LogP contribution >= 0.6 is 11.6 Å². The van der Waals surface area contributed by atoms with E-state index >= 15 is 0 Å². The number of halogens is 1. The molecule has 0 aliphatic rings. The second-order valence-electron chi connectivity index (χ2n) is 8.76. The first-order chi connectivity index (χ1) is 16.3. The van der Waals surface area contributed by atoms with Gasteiger partial charge in [0, 0.05) is 37.1 Å². The number of aromatic nitrogens is 1. The fourth-order valence-electron chi connectivity index (χ4n) is 3.62. The average molecular weight is 482 g/mol. The molecule has 0 saturated heterocycles. The van der Waals surface area contributed by atoms with Crippen molar-refractivity contribution in [3.05, 3.63) is 89.2 Å². The van der Waals surface area contributed by atoms with Crippen molar-refractivity contribution in [2.75, 3.05) is 19.7 Å². The lowest BCUT2D eigenvalue weighted by Gasteiger charge is -2.29. The first-order valence-electron chi connectivity index (χ1n) is 11.4. The van der Waals surface area contributed by atoms with Crippen molar-refractivity contribution in [2.24, 2.45) is 13.0 Å². The van der Waals surface area contributed by atoms with Gasteiger partial charge in [0.2, 0.25) is 5.91 Å². The van der Waals surface area contributed by atoms with Crippen molar-refractivity contribution in [3.8, 4) is 5.75 Å². The number of amides is 2. The number of aryl methyl sites for hydroxylation is 1. The van der Waals surface area contributed by atoms with E-state index in [1.807, 2.05) is 74.1 Å². The number of nitrogens with zero attached hydrogens (tertiary/aromatic N) is 3. The molecule has 2 aromatic carbocycles. The Balaban J connectivity index is 1.71. The maximum absolute atomic E-state index is 13.5. The number of hydrogen-bond donors (Lipinski definition) is 0. The Morgan fingerprint density at radius 2 is 1.62 bits per heavy atom. The van der Waals surface area contributed by atoms with Gasteiger partial charge < -0.3 is 19.1 Å². The van der Waals surface area contributed by atoms with Crippen molar-refractivity contribution in [1.29, 1.82) is 0 Å². The largest absolute Gasteiger partial charge is 0.484 e. The number of carbonyl (C=O) groups is 2. The Hall–Kier alpha value is -3.25. The van der Waals surface area contributed by atoms with Crippen LogP contribution in [0.2, 0.25) is 5.02 Å². The molecular formula is C27H32ClN3O3. The smallest absolute Gasteiger partial charge is 0.260 e. The average Bonchev–Trinajstić information content (AvgIpc) is 3.22. The van der Waals surface area contributed by atoms with E-state index in [9.17, 15) is 9.59 Å². The lowest BCUT2D eigenvalue weighted by Crippen LogP contribution is -2.45. The van der Waals surface area contributed by atoms with Crippen LogP contribution in [0.4, 0.5) is 0 Å². The van der Waals surface area contributed by atoms with E-state index in [1.165, 1.54) is 0 Å². The van der Waals surface area contributed by atoms with E-state index in [-0.39, 0.29) is 30.9 Å². The highest BCUT2D eigenvalue weighted by Crippen LogP contribution is 2.16. The molecule has 0 aliphatic heterocycles. The molecule has 0 unspecified atom stereocenters. The lowest BCUT2D eigenvalue weighted by molar-refractivity contribution is -0.142. The Bertz CT molecular complexity index is 1060. The molecule has 0 saturated carbocycles. The summed E-state index contributed by atoms with van der Waals surface area (Å²) < 4.78 is 7.65. The first kappa shape index (κ1) is 25.4. The molecule has 1 aromatic heterocycles. The summed E-state index contributed by atoms with van der Waals surface area (Å²) in [6, 6.07) is 20.7. The zero-order valence-electron chi connectivity index (χ0n) is 20.0. The van der Waals surface area contributed by atoms with Crippen LogP contribution in [-0.4, -0.2) is 45.9 Å². The first-order valence-corrected chi connectivity index (χ1v) is 11.8. The van der Waals surface area contributed by atoms with Gasteiger partial charge in [0.25, 0.3) is 5.91 Å². The summed E-state index contributed by atoms with van der Waals surface area (Å²) >= 11 is 5.91. The van der Waals surface area contributed by atoms with Gasteiger partial charge in [0.1, 0.15) is 5.75 Å². The number of carbonyl (C=O) groups excluding carboxylic acids is 2. The van der Waals surface area contributed by atoms with Gasteiger partial charge in [-0.25, -0.2) is 0 Å². The Kier molecular flexibility index (Phi) is 9.16. The van der Waals surface area contributed by atoms with E-state index in [0.29, 0.717) is 30.4 Å². The zero-order chi connectivity index (χ0) is 24.5. The molecule has 0 radical (unpaired) electrons. The number of hydrogen-bond acceptors (Lipinski definition) is 3. The molecule has 7 heteroatoms. The topological polar surface area (TPSA) is 54.8 Å². The number of rotatable bonds is 11. The monoisotopic (exact) mass is 481 g/mol. The Labute approximate surface area is 206 Å². The van der Waals surface area contributed by atoms with Crippen LogP contribution < -0.4 is 4.74 Å². The van der Waals surface area contributed by atoms with Crippen LogP contribution in [0, 0.1) is 5.92 Å². The van der Waals surface area contributed by atoms with Crippen molar-refractivity contribution in [1.82, 2.24) is 14.4 Å². The van der Waals surface area contributed by atoms with E-state index in [0.717, 1.165) is 11.3 Å². The molecule has 1 heterocycles. The number of ether oxygens (including phenoxy) is 1. The summed E-state index contributed by atoms with van der Waals surface area (Å²) in [5.74, 6) is 0.437. The van der Waals surface area contributed by atoms with Crippen LogP contribution in [0.5, 0.6) is 5.75 Å². The minimum Gasteiger partial charge on any atom is -0.484 e. The summed E-state index contributed by atoms with van der Waals surface area (Å²) in [6.45, 7) is 5.30. The van der Waals surface area contributed by atoms with Crippen LogP contribution in [0.3, 0.4) is 0 Å². The number of benzene rings is 2. The third-order valence-corrected chi connectivity index (χ3v) is 5.67. The van der Waals surface area contributed by atoms with Gasteiger partial charge in [0.15, 0.2) is 6.61 Å².